The fraction of sp³-hybridized carbons (Fsp3) is 0.643. The summed E-state index contributed by atoms with van der Waals surface area (Å²) in [6.07, 6.45) is 1.54. The smallest absolute Gasteiger partial charge is 0.250 e. The van der Waals surface area contributed by atoms with Crippen molar-refractivity contribution < 1.29 is 18.6 Å². The molecule has 0 bridgehead atoms. The molecule has 0 saturated heterocycles. The monoisotopic (exact) mass is 286 g/mol. The van der Waals surface area contributed by atoms with Gasteiger partial charge in [-0.3, -0.25) is 0 Å². The highest BCUT2D eigenvalue weighted by Crippen LogP contribution is 2.17. The topological polar surface area (TPSA) is 52.6 Å². The first-order valence-corrected chi connectivity index (χ1v) is 6.71. The van der Waals surface area contributed by atoms with Crippen LogP contribution in [-0.2, 0) is 16.0 Å². The normalized spacial score (nSPS) is 11.1. The zero-order valence-electron chi connectivity index (χ0n) is 12.3. The van der Waals surface area contributed by atoms with E-state index in [0.29, 0.717) is 38.0 Å². The first-order valence-electron chi connectivity index (χ1n) is 6.71. The van der Waals surface area contributed by atoms with Crippen LogP contribution in [0.3, 0.4) is 0 Å². The van der Waals surface area contributed by atoms with Gasteiger partial charge in [0.25, 0.3) is 5.88 Å². The van der Waals surface area contributed by atoms with Gasteiger partial charge in [0.15, 0.2) is 5.82 Å². The van der Waals surface area contributed by atoms with Crippen LogP contribution in [0.2, 0.25) is 0 Å². The van der Waals surface area contributed by atoms with E-state index in [-0.39, 0.29) is 12.5 Å². The number of hydrogen-bond donors (Lipinski definition) is 1. The number of rotatable bonds is 10. The first kappa shape index (κ1) is 16.8. The Labute approximate surface area is 119 Å². The molecule has 1 N–H and O–H groups in total. The third-order valence-electron chi connectivity index (χ3n) is 2.54. The van der Waals surface area contributed by atoms with Crippen molar-refractivity contribution in [3.05, 3.63) is 23.6 Å². The highest BCUT2D eigenvalue weighted by atomic mass is 19.1. The third kappa shape index (κ3) is 6.27. The van der Waals surface area contributed by atoms with Gasteiger partial charge in [-0.05, 0) is 6.07 Å². The Morgan fingerprint density at radius 3 is 2.70 bits per heavy atom. The number of nitrogens with zero attached hydrogens (tertiary/aromatic N) is 1. The summed E-state index contributed by atoms with van der Waals surface area (Å²) in [5.41, 5.74) is 0.545. The molecular formula is C14H23FN2O3. The second-order valence-electron chi connectivity index (χ2n) is 4.58. The number of ether oxygens (including phenoxy) is 3. The molecule has 0 aliphatic carbocycles. The Kier molecular flexibility index (Phi) is 8.10. The third-order valence-corrected chi connectivity index (χ3v) is 2.54. The molecule has 5 nitrogen and oxygen atoms in total. The van der Waals surface area contributed by atoms with Crippen LogP contribution in [0.4, 0.5) is 4.39 Å². The minimum atomic E-state index is -0.419. The predicted octanol–water partition coefficient (Wildman–Crippen LogP) is 1.76. The van der Waals surface area contributed by atoms with Crippen LogP contribution >= 0.6 is 0 Å². The second kappa shape index (κ2) is 9.63. The molecule has 0 fully saturated rings. The quantitative estimate of drug-likeness (QED) is 0.664. The van der Waals surface area contributed by atoms with Crippen molar-refractivity contribution in [1.82, 2.24) is 10.3 Å². The van der Waals surface area contributed by atoms with Crippen LogP contribution < -0.4 is 10.1 Å². The van der Waals surface area contributed by atoms with E-state index in [1.807, 2.05) is 13.8 Å². The Morgan fingerprint density at radius 1 is 1.25 bits per heavy atom. The van der Waals surface area contributed by atoms with Gasteiger partial charge in [-0.1, -0.05) is 13.8 Å². The fourth-order valence-electron chi connectivity index (χ4n) is 1.45. The molecule has 20 heavy (non-hydrogen) atoms. The number of aromatic nitrogens is 1. The number of methoxy groups -OCH3 is 1. The molecule has 0 spiro atoms. The lowest BCUT2D eigenvalue weighted by Gasteiger charge is -2.11. The van der Waals surface area contributed by atoms with Gasteiger partial charge in [0.1, 0.15) is 6.61 Å². The van der Waals surface area contributed by atoms with E-state index >= 15 is 0 Å². The summed E-state index contributed by atoms with van der Waals surface area (Å²) in [6.45, 7) is 6.12. The number of pyridine rings is 1. The SMILES string of the molecule is COCCOCCOc1nccc(CNC(C)C)c1F. The number of halogens is 1. The lowest BCUT2D eigenvalue weighted by atomic mass is 10.2. The summed E-state index contributed by atoms with van der Waals surface area (Å²) in [4.78, 5) is 3.89. The van der Waals surface area contributed by atoms with E-state index in [4.69, 9.17) is 14.2 Å². The molecule has 114 valence electrons. The van der Waals surface area contributed by atoms with Crippen LogP contribution in [0, 0.1) is 5.82 Å². The minimum Gasteiger partial charge on any atom is -0.473 e. The van der Waals surface area contributed by atoms with Gasteiger partial charge in [-0.25, -0.2) is 9.37 Å². The molecule has 1 rings (SSSR count). The van der Waals surface area contributed by atoms with Crippen molar-refractivity contribution >= 4 is 0 Å². The molecule has 0 radical (unpaired) electrons. The summed E-state index contributed by atoms with van der Waals surface area (Å²) in [5, 5.41) is 3.16. The van der Waals surface area contributed by atoms with Crippen LogP contribution in [0.15, 0.2) is 12.3 Å². The van der Waals surface area contributed by atoms with Crippen molar-refractivity contribution in [2.75, 3.05) is 33.5 Å². The van der Waals surface area contributed by atoms with Crippen molar-refractivity contribution in [3.8, 4) is 5.88 Å². The molecule has 1 aromatic rings. The molecule has 0 aromatic carbocycles. The molecule has 0 amide bonds. The van der Waals surface area contributed by atoms with Crippen LogP contribution in [0.1, 0.15) is 19.4 Å². The maximum atomic E-state index is 14.1. The Morgan fingerprint density at radius 2 is 2.00 bits per heavy atom. The summed E-state index contributed by atoms with van der Waals surface area (Å²) in [7, 11) is 1.61. The number of nitrogens with one attached hydrogen (secondary N) is 1. The fourth-order valence-corrected chi connectivity index (χ4v) is 1.45. The summed E-state index contributed by atoms with van der Waals surface area (Å²) in [5.74, 6) is -0.402. The first-order chi connectivity index (χ1) is 9.65. The van der Waals surface area contributed by atoms with Gasteiger partial charge in [0.2, 0.25) is 0 Å². The Bertz CT molecular complexity index is 389. The highest BCUT2D eigenvalue weighted by Gasteiger charge is 2.10. The van der Waals surface area contributed by atoms with E-state index in [2.05, 4.69) is 10.3 Å². The summed E-state index contributed by atoms with van der Waals surface area (Å²) < 4.78 is 29.4. The zero-order valence-corrected chi connectivity index (χ0v) is 12.3. The lowest BCUT2D eigenvalue weighted by Crippen LogP contribution is -2.22. The van der Waals surface area contributed by atoms with Crippen molar-refractivity contribution in [1.29, 1.82) is 0 Å². The zero-order chi connectivity index (χ0) is 14.8. The summed E-state index contributed by atoms with van der Waals surface area (Å²) >= 11 is 0. The van der Waals surface area contributed by atoms with E-state index in [1.165, 1.54) is 0 Å². The van der Waals surface area contributed by atoms with Crippen molar-refractivity contribution in [2.45, 2.75) is 26.4 Å². The second-order valence-corrected chi connectivity index (χ2v) is 4.58. The molecule has 0 unspecified atom stereocenters. The predicted molar refractivity (Wildman–Crippen MR) is 74.4 cm³/mol. The molecule has 1 aromatic heterocycles. The molecule has 6 heteroatoms. The van der Waals surface area contributed by atoms with Gasteiger partial charge in [0, 0.05) is 31.5 Å². The highest BCUT2D eigenvalue weighted by molar-refractivity contribution is 5.23. The van der Waals surface area contributed by atoms with Gasteiger partial charge >= 0.3 is 0 Å². The minimum absolute atomic E-state index is 0.0170. The van der Waals surface area contributed by atoms with Crippen LogP contribution in [0.25, 0.3) is 0 Å². The Balaban J connectivity index is 2.39. The average Bonchev–Trinajstić information content (AvgIpc) is 2.43. The molecule has 0 saturated carbocycles. The van der Waals surface area contributed by atoms with Gasteiger partial charge in [-0.15, -0.1) is 0 Å². The van der Waals surface area contributed by atoms with E-state index < -0.39 is 5.82 Å². The largest absolute Gasteiger partial charge is 0.473 e. The van der Waals surface area contributed by atoms with E-state index in [1.54, 1.807) is 19.4 Å². The molecule has 0 aliphatic rings. The maximum Gasteiger partial charge on any atom is 0.250 e. The van der Waals surface area contributed by atoms with Gasteiger partial charge in [-0.2, -0.15) is 0 Å². The summed E-state index contributed by atoms with van der Waals surface area (Å²) in [6, 6.07) is 1.94. The van der Waals surface area contributed by atoms with E-state index in [0.717, 1.165) is 0 Å². The Hall–Kier alpha value is -1.24. The number of hydrogen-bond acceptors (Lipinski definition) is 5. The van der Waals surface area contributed by atoms with Crippen molar-refractivity contribution in [3.63, 3.8) is 0 Å². The van der Waals surface area contributed by atoms with Crippen LogP contribution in [0.5, 0.6) is 5.88 Å². The molecular weight excluding hydrogens is 263 g/mol. The van der Waals surface area contributed by atoms with Gasteiger partial charge < -0.3 is 19.5 Å². The standard InChI is InChI=1S/C14H23FN2O3/c1-11(2)17-10-12-4-5-16-14(13(12)15)20-9-8-19-7-6-18-3/h4-5,11,17H,6-10H2,1-3H3. The van der Waals surface area contributed by atoms with Crippen LogP contribution in [-0.4, -0.2) is 44.6 Å². The lowest BCUT2D eigenvalue weighted by molar-refractivity contribution is 0.0529. The average molecular weight is 286 g/mol. The van der Waals surface area contributed by atoms with Gasteiger partial charge in [0.05, 0.1) is 19.8 Å². The molecule has 0 aliphatic heterocycles. The van der Waals surface area contributed by atoms with E-state index in [9.17, 15) is 4.39 Å². The molecule has 1 heterocycles. The maximum absolute atomic E-state index is 14.1. The van der Waals surface area contributed by atoms with Crippen molar-refractivity contribution in [2.24, 2.45) is 0 Å². The molecule has 0 atom stereocenters.